The molecule has 0 aliphatic heterocycles. The summed E-state index contributed by atoms with van der Waals surface area (Å²) in [4.78, 5) is 44.2. The van der Waals surface area contributed by atoms with Crippen LogP contribution in [0.2, 0.25) is 0 Å². The number of hydrogen-bond acceptors (Lipinski definition) is 8. The molecule has 10 heteroatoms. The topological polar surface area (TPSA) is 118 Å². The van der Waals surface area contributed by atoms with Crippen LogP contribution in [0.5, 0.6) is 0 Å². The van der Waals surface area contributed by atoms with E-state index < -0.39 is 29.6 Å². The molecule has 1 aromatic carbocycles. The largest absolute Gasteiger partial charge is 0.461 e. The molecule has 2 amide bonds. The highest BCUT2D eigenvalue weighted by atomic mass is 32.1. The van der Waals surface area contributed by atoms with E-state index in [2.05, 4.69) is 16.9 Å². The number of nitrogens with zero attached hydrogens (tertiary/aromatic N) is 2. The Morgan fingerprint density at radius 2 is 1.74 bits per heavy atom. The zero-order valence-corrected chi connectivity index (χ0v) is 28.1. The van der Waals surface area contributed by atoms with Crippen molar-refractivity contribution in [1.82, 2.24) is 15.2 Å². The van der Waals surface area contributed by atoms with Crippen molar-refractivity contribution in [3.63, 3.8) is 0 Å². The minimum absolute atomic E-state index is 0.0452. The number of aliphatic hydroxyl groups is 1. The van der Waals surface area contributed by atoms with Crippen molar-refractivity contribution in [2.45, 2.75) is 98.4 Å². The molecular formula is C33H51N3O6S. The number of hydrogen-bond donors (Lipinski definition) is 2. The Labute approximate surface area is 261 Å². The maximum Gasteiger partial charge on any atom is 0.410 e. The molecule has 43 heavy (non-hydrogen) atoms. The van der Waals surface area contributed by atoms with Gasteiger partial charge in [0.25, 0.3) is 5.91 Å². The molecule has 2 aromatic rings. The molecule has 1 heterocycles. The Hall–Kier alpha value is -3.24. The average molecular weight is 618 g/mol. The minimum atomic E-state index is -0.974. The van der Waals surface area contributed by atoms with E-state index in [4.69, 9.17) is 9.47 Å². The van der Waals surface area contributed by atoms with Crippen molar-refractivity contribution in [3.05, 3.63) is 64.6 Å². The molecule has 0 fully saturated rings. The van der Waals surface area contributed by atoms with Gasteiger partial charge in [-0.15, -0.1) is 11.3 Å². The van der Waals surface area contributed by atoms with Crippen LogP contribution in [-0.4, -0.2) is 64.3 Å². The van der Waals surface area contributed by atoms with Crippen LogP contribution in [0.25, 0.3) is 0 Å². The van der Waals surface area contributed by atoms with Gasteiger partial charge in [-0.25, -0.2) is 9.78 Å². The quantitative estimate of drug-likeness (QED) is 0.182. The number of aromatic nitrogens is 1. The first kappa shape index (κ1) is 37.8. The zero-order valence-electron chi connectivity index (χ0n) is 27.3. The average Bonchev–Trinajstić information content (AvgIpc) is 3.45. The number of aliphatic hydroxyl groups excluding tert-OH is 1. The molecular weight excluding hydrogens is 566 g/mol. The van der Waals surface area contributed by atoms with Crippen molar-refractivity contribution in [2.75, 3.05) is 13.7 Å². The number of carbonyl (C=O) groups excluding carboxylic acids is 3. The van der Waals surface area contributed by atoms with E-state index in [1.165, 1.54) is 22.3 Å². The normalized spacial score (nSPS) is 13.9. The molecule has 240 valence electrons. The van der Waals surface area contributed by atoms with Gasteiger partial charge >= 0.3 is 12.1 Å². The second-order valence-corrected chi connectivity index (χ2v) is 12.5. The summed E-state index contributed by atoms with van der Waals surface area (Å²) >= 11 is 1.19. The Bertz CT molecular complexity index is 1150. The van der Waals surface area contributed by atoms with Gasteiger partial charge in [0.15, 0.2) is 0 Å². The second-order valence-electron chi connectivity index (χ2n) is 11.6. The number of esters is 1. The van der Waals surface area contributed by atoms with Crippen LogP contribution in [0.1, 0.15) is 95.4 Å². The third-order valence-corrected chi connectivity index (χ3v) is 7.44. The molecule has 9 nitrogen and oxygen atoms in total. The maximum absolute atomic E-state index is 13.2. The summed E-state index contributed by atoms with van der Waals surface area (Å²) in [6, 6.07) is 9.05. The first-order valence-electron chi connectivity index (χ1n) is 14.9. The lowest BCUT2D eigenvalue weighted by atomic mass is 9.96. The van der Waals surface area contributed by atoms with Crippen LogP contribution in [0, 0.1) is 11.8 Å². The lowest BCUT2D eigenvalue weighted by Gasteiger charge is -2.34. The first-order valence-corrected chi connectivity index (χ1v) is 15.8. The van der Waals surface area contributed by atoms with E-state index in [0.717, 1.165) is 5.56 Å². The van der Waals surface area contributed by atoms with Gasteiger partial charge in [0.1, 0.15) is 29.0 Å². The number of carbonyl (C=O) groups is 3. The maximum atomic E-state index is 13.2. The van der Waals surface area contributed by atoms with E-state index in [9.17, 15) is 19.5 Å². The molecule has 0 bridgehead atoms. The highest BCUT2D eigenvalue weighted by Gasteiger charge is 2.31. The summed E-state index contributed by atoms with van der Waals surface area (Å²) in [5.74, 6) is -1.14. The van der Waals surface area contributed by atoms with Gasteiger partial charge in [-0.1, -0.05) is 77.6 Å². The van der Waals surface area contributed by atoms with Gasteiger partial charge in [0, 0.05) is 30.9 Å². The molecule has 0 saturated heterocycles. The van der Waals surface area contributed by atoms with Gasteiger partial charge in [-0.3, -0.25) is 9.59 Å². The summed E-state index contributed by atoms with van der Waals surface area (Å²) < 4.78 is 10.7. The van der Waals surface area contributed by atoms with Crippen LogP contribution < -0.4 is 5.32 Å². The SMILES string of the molecule is C=CCOC(=O)C(C)CC(Cc1ccccc1)NC(=O)c1csc(C(O)CC(C(C)C)N(C)C(=O)OC(C)(C)C)n1.CC. The molecule has 0 radical (unpaired) electrons. The van der Waals surface area contributed by atoms with E-state index in [0.29, 0.717) is 17.8 Å². The van der Waals surface area contributed by atoms with Crippen molar-refractivity contribution in [3.8, 4) is 0 Å². The molecule has 0 aliphatic carbocycles. The number of amides is 2. The second kappa shape index (κ2) is 18.4. The van der Waals surface area contributed by atoms with Gasteiger partial charge in [0.2, 0.25) is 0 Å². The number of benzene rings is 1. The molecule has 2 N–H and O–H groups in total. The lowest BCUT2D eigenvalue weighted by molar-refractivity contribution is -0.147. The highest BCUT2D eigenvalue weighted by Crippen LogP contribution is 2.28. The van der Waals surface area contributed by atoms with Gasteiger partial charge in [0.05, 0.1) is 5.92 Å². The fourth-order valence-corrected chi connectivity index (χ4v) is 5.18. The Morgan fingerprint density at radius 1 is 1.12 bits per heavy atom. The fourth-order valence-electron chi connectivity index (χ4n) is 4.38. The third-order valence-electron chi connectivity index (χ3n) is 6.50. The highest BCUT2D eigenvalue weighted by molar-refractivity contribution is 7.09. The number of ether oxygens (including phenoxy) is 2. The van der Waals surface area contributed by atoms with Crippen LogP contribution in [0.3, 0.4) is 0 Å². The van der Waals surface area contributed by atoms with Gasteiger partial charge in [-0.2, -0.15) is 0 Å². The molecule has 2 rings (SSSR count). The van der Waals surface area contributed by atoms with Crippen molar-refractivity contribution in [1.29, 1.82) is 0 Å². The van der Waals surface area contributed by atoms with Crippen LogP contribution >= 0.6 is 11.3 Å². The minimum Gasteiger partial charge on any atom is -0.461 e. The third kappa shape index (κ3) is 13.3. The monoisotopic (exact) mass is 617 g/mol. The van der Waals surface area contributed by atoms with Crippen LogP contribution in [0.4, 0.5) is 4.79 Å². The van der Waals surface area contributed by atoms with E-state index in [-0.39, 0.29) is 42.7 Å². The zero-order chi connectivity index (χ0) is 32.7. The predicted molar refractivity (Wildman–Crippen MR) is 172 cm³/mol. The van der Waals surface area contributed by atoms with E-state index >= 15 is 0 Å². The number of rotatable bonds is 14. The summed E-state index contributed by atoms with van der Waals surface area (Å²) in [5.41, 5.74) is 0.573. The fraction of sp³-hybridized carbons (Fsp3) is 0.576. The predicted octanol–water partition coefficient (Wildman–Crippen LogP) is 6.58. The first-order chi connectivity index (χ1) is 20.2. The Morgan fingerprint density at radius 3 is 2.30 bits per heavy atom. The Kier molecular flexibility index (Phi) is 16.2. The van der Waals surface area contributed by atoms with E-state index in [1.54, 1.807) is 40.1 Å². The smallest absolute Gasteiger partial charge is 0.410 e. The number of nitrogens with one attached hydrogen (secondary N) is 1. The van der Waals surface area contributed by atoms with Crippen molar-refractivity contribution in [2.24, 2.45) is 11.8 Å². The van der Waals surface area contributed by atoms with Crippen molar-refractivity contribution < 1.29 is 29.0 Å². The Balaban J connectivity index is 0.00000452. The van der Waals surface area contributed by atoms with Crippen LogP contribution in [-0.2, 0) is 20.7 Å². The van der Waals surface area contributed by atoms with E-state index in [1.807, 2.05) is 58.0 Å². The van der Waals surface area contributed by atoms with Gasteiger partial charge < -0.3 is 24.8 Å². The van der Waals surface area contributed by atoms with Crippen molar-refractivity contribution >= 4 is 29.3 Å². The lowest BCUT2D eigenvalue weighted by Crippen LogP contribution is -2.44. The molecule has 4 unspecified atom stereocenters. The molecule has 0 saturated carbocycles. The molecule has 0 spiro atoms. The molecule has 4 atom stereocenters. The molecule has 1 aromatic heterocycles. The molecule has 0 aliphatic rings. The number of thiazole rings is 1. The van der Waals surface area contributed by atoms with Crippen LogP contribution in [0.15, 0.2) is 48.4 Å². The standard InChI is InChI=1S/C31H45N3O6S.C2H6/c1-9-15-39-29(37)21(4)16-23(17-22-13-11-10-12-14-22)32-27(36)24-19-41-28(33-24)26(35)18-25(20(2)3)34(8)30(38)40-31(5,6)7;1-2/h9-14,19-21,23,25-26,35H,1,15-18H2,2-8H3,(H,32,36);1-2H3. The summed E-state index contributed by atoms with van der Waals surface area (Å²) in [7, 11) is 1.66. The van der Waals surface area contributed by atoms with Gasteiger partial charge in [-0.05, 0) is 45.1 Å². The summed E-state index contributed by atoms with van der Waals surface area (Å²) in [5, 5.41) is 16.0. The summed E-state index contributed by atoms with van der Waals surface area (Å²) in [6.45, 7) is 18.8. The summed E-state index contributed by atoms with van der Waals surface area (Å²) in [6.07, 6.45) is 1.22.